The van der Waals surface area contributed by atoms with Crippen molar-refractivity contribution in [2.45, 2.75) is 79.1 Å². The number of aromatic hydroxyl groups is 1. The number of allylic oxidation sites excluding steroid dienone is 1. The molecule has 0 fully saturated rings. The van der Waals surface area contributed by atoms with Crippen LogP contribution in [-0.2, 0) is 11.8 Å². The average molecular weight is 392 g/mol. The van der Waals surface area contributed by atoms with E-state index in [0.717, 1.165) is 28.8 Å². The predicted molar refractivity (Wildman–Crippen MR) is 127 cm³/mol. The summed E-state index contributed by atoms with van der Waals surface area (Å²) in [7, 11) is 0. The predicted octanol–water partition coefficient (Wildman–Crippen LogP) is 7.72. The number of hydrogen-bond donors (Lipinski definition) is 1. The number of phenolic OH excluding ortho intramolecular Hbond substituents is 1. The first-order chi connectivity index (χ1) is 13.5. The van der Waals surface area contributed by atoms with Crippen LogP contribution in [0.5, 0.6) is 5.75 Å². The molecule has 0 aliphatic heterocycles. The van der Waals surface area contributed by atoms with E-state index in [4.69, 9.17) is 4.99 Å². The molecular weight excluding hydrogens is 354 g/mol. The molecule has 0 radical (unpaired) electrons. The van der Waals surface area contributed by atoms with Crippen LogP contribution in [0, 0.1) is 6.92 Å². The van der Waals surface area contributed by atoms with E-state index >= 15 is 0 Å². The van der Waals surface area contributed by atoms with Gasteiger partial charge in [0.05, 0.1) is 5.69 Å². The molecule has 2 heteroatoms. The fraction of sp³-hybridized carbons (Fsp3) is 0.444. The van der Waals surface area contributed by atoms with Crippen molar-refractivity contribution in [3.8, 4) is 5.75 Å². The lowest BCUT2D eigenvalue weighted by atomic mass is 9.84. The summed E-state index contributed by atoms with van der Waals surface area (Å²) >= 11 is 0. The van der Waals surface area contributed by atoms with Gasteiger partial charge in [-0.15, -0.1) is 6.58 Å². The monoisotopic (exact) mass is 391 g/mol. The van der Waals surface area contributed by atoms with Crippen LogP contribution in [0.3, 0.4) is 0 Å². The van der Waals surface area contributed by atoms with Crippen molar-refractivity contribution < 1.29 is 5.11 Å². The molecule has 0 atom stereocenters. The number of rotatable bonds is 6. The van der Waals surface area contributed by atoms with E-state index in [2.05, 4.69) is 80.2 Å². The highest BCUT2D eigenvalue weighted by Crippen LogP contribution is 2.38. The average Bonchev–Trinajstić information content (AvgIpc) is 2.61. The first-order valence-electron chi connectivity index (χ1n) is 10.6. The molecule has 1 N–H and O–H groups in total. The van der Waals surface area contributed by atoms with Crippen LogP contribution in [0.1, 0.15) is 93.7 Å². The van der Waals surface area contributed by atoms with Crippen molar-refractivity contribution in [2.75, 3.05) is 0 Å². The Hall–Kier alpha value is -2.35. The molecule has 2 aromatic carbocycles. The molecule has 29 heavy (non-hydrogen) atoms. The fourth-order valence-corrected chi connectivity index (χ4v) is 3.67. The lowest BCUT2D eigenvalue weighted by Crippen LogP contribution is -2.12. The maximum atomic E-state index is 10.9. The van der Waals surface area contributed by atoms with E-state index in [1.54, 1.807) is 0 Å². The smallest absolute Gasteiger partial charge is 0.128 e. The lowest BCUT2D eigenvalue weighted by molar-refractivity contribution is 0.445. The molecule has 0 aromatic heterocycles. The number of hydrogen-bond acceptors (Lipinski definition) is 2. The molecule has 0 spiro atoms. The van der Waals surface area contributed by atoms with Crippen molar-refractivity contribution in [2.24, 2.45) is 4.99 Å². The van der Waals surface area contributed by atoms with Gasteiger partial charge in [0.15, 0.2) is 0 Å². The van der Waals surface area contributed by atoms with Gasteiger partial charge in [0.2, 0.25) is 0 Å². The Morgan fingerprint density at radius 1 is 1.00 bits per heavy atom. The van der Waals surface area contributed by atoms with Crippen LogP contribution >= 0.6 is 0 Å². The number of phenols is 1. The highest BCUT2D eigenvalue weighted by Gasteiger charge is 2.21. The minimum absolute atomic E-state index is 0.128. The molecule has 0 saturated carbocycles. The van der Waals surface area contributed by atoms with E-state index in [0.29, 0.717) is 17.6 Å². The summed E-state index contributed by atoms with van der Waals surface area (Å²) in [6, 6.07) is 8.57. The topological polar surface area (TPSA) is 32.6 Å². The molecule has 0 heterocycles. The molecule has 0 amide bonds. The van der Waals surface area contributed by atoms with Crippen LogP contribution in [0.25, 0.3) is 0 Å². The molecule has 0 bridgehead atoms. The summed E-state index contributed by atoms with van der Waals surface area (Å²) in [5.41, 5.74) is 7.52. The summed E-state index contributed by atoms with van der Waals surface area (Å²) in [5.74, 6) is 1.05. The third kappa shape index (κ3) is 5.38. The van der Waals surface area contributed by atoms with Crippen molar-refractivity contribution in [3.05, 3.63) is 70.3 Å². The van der Waals surface area contributed by atoms with Gasteiger partial charge in [-0.25, -0.2) is 0 Å². The van der Waals surface area contributed by atoms with Crippen molar-refractivity contribution in [1.82, 2.24) is 0 Å². The highest BCUT2D eigenvalue weighted by molar-refractivity contribution is 5.87. The van der Waals surface area contributed by atoms with Crippen LogP contribution in [0.4, 0.5) is 5.69 Å². The summed E-state index contributed by atoms with van der Waals surface area (Å²) in [5, 5.41) is 10.9. The first kappa shape index (κ1) is 22.9. The van der Waals surface area contributed by atoms with Gasteiger partial charge in [-0.05, 0) is 58.9 Å². The lowest BCUT2D eigenvalue weighted by Gasteiger charge is -2.22. The minimum Gasteiger partial charge on any atom is -0.507 e. The summed E-state index contributed by atoms with van der Waals surface area (Å²) < 4.78 is 0. The van der Waals surface area contributed by atoms with Gasteiger partial charge in [0, 0.05) is 17.3 Å². The molecular formula is C27H37NO. The Balaban J connectivity index is 2.66. The van der Waals surface area contributed by atoms with E-state index < -0.39 is 0 Å². The van der Waals surface area contributed by atoms with Gasteiger partial charge in [-0.2, -0.15) is 0 Å². The molecule has 0 saturated heterocycles. The summed E-state index contributed by atoms with van der Waals surface area (Å²) in [4.78, 5) is 4.93. The third-order valence-electron chi connectivity index (χ3n) is 5.28. The number of aryl methyl sites for hydroxylation is 1. The Morgan fingerprint density at radius 3 is 2.00 bits per heavy atom. The molecule has 0 aliphatic rings. The van der Waals surface area contributed by atoms with Crippen molar-refractivity contribution in [1.29, 1.82) is 0 Å². The Bertz CT molecular complexity index is 882. The van der Waals surface area contributed by atoms with Gasteiger partial charge in [0.25, 0.3) is 0 Å². The molecule has 2 nitrogen and oxygen atoms in total. The van der Waals surface area contributed by atoms with E-state index in [-0.39, 0.29) is 5.41 Å². The van der Waals surface area contributed by atoms with Gasteiger partial charge in [-0.1, -0.05) is 72.7 Å². The van der Waals surface area contributed by atoms with Gasteiger partial charge in [-0.3, -0.25) is 4.99 Å². The Morgan fingerprint density at radius 2 is 1.55 bits per heavy atom. The normalized spacial score (nSPS) is 12.3. The standard InChI is InChI=1S/C27H37NO/c1-10-11-20-14-22(17(2)3)25(23(15-20)18(4)5)28-16-21-12-19(6)13-24(26(21)29)27(7,8)9/h10,12-18,29H,1,11H2,2-9H3. The maximum Gasteiger partial charge on any atom is 0.128 e. The van der Waals surface area contributed by atoms with Gasteiger partial charge in [0.1, 0.15) is 5.75 Å². The van der Waals surface area contributed by atoms with E-state index in [9.17, 15) is 5.11 Å². The number of benzene rings is 2. The second-order valence-electron chi connectivity index (χ2n) is 9.68. The molecule has 0 unspecified atom stereocenters. The van der Waals surface area contributed by atoms with Crippen LogP contribution in [-0.4, -0.2) is 11.3 Å². The zero-order valence-electron chi connectivity index (χ0n) is 19.4. The summed E-state index contributed by atoms with van der Waals surface area (Å²) in [6.45, 7) is 21.1. The summed E-state index contributed by atoms with van der Waals surface area (Å²) in [6.07, 6.45) is 4.64. The first-order valence-corrected chi connectivity index (χ1v) is 10.6. The molecule has 2 aromatic rings. The molecule has 0 aliphatic carbocycles. The van der Waals surface area contributed by atoms with Gasteiger partial charge >= 0.3 is 0 Å². The Kier molecular flexibility index (Phi) is 7.11. The fourth-order valence-electron chi connectivity index (χ4n) is 3.67. The van der Waals surface area contributed by atoms with Crippen LogP contribution in [0.2, 0.25) is 0 Å². The van der Waals surface area contributed by atoms with E-state index in [1.807, 2.05) is 18.4 Å². The SMILES string of the molecule is C=CCc1cc(C(C)C)c(N=Cc2cc(C)cc(C(C)(C)C)c2O)c(C(C)C)c1. The molecule has 156 valence electrons. The maximum absolute atomic E-state index is 10.9. The second-order valence-corrected chi connectivity index (χ2v) is 9.68. The molecule has 2 rings (SSSR count). The van der Waals surface area contributed by atoms with Gasteiger partial charge < -0.3 is 5.11 Å². The number of nitrogens with zero attached hydrogens (tertiary/aromatic N) is 1. The number of aliphatic imine (C=N–C) groups is 1. The third-order valence-corrected chi connectivity index (χ3v) is 5.28. The zero-order valence-corrected chi connectivity index (χ0v) is 19.4. The van der Waals surface area contributed by atoms with Crippen molar-refractivity contribution in [3.63, 3.8) is 0 Å². The van der Waals surface area contributed by atoms with Crippen LogP contribution in [0.15, 0.2) is 41.9 Å². The highest BCUT2D eigenvalue weighted by atomic mass is 16.3. The largest absolute Gasteiger partial charge is 0.507 e. The van der Waals surface area contributed by atoms with E-state index in [1.165, 1.54) is 16.7 Å². The Labute approximate surface area is 177 Å². The quantitative estimate of drug-likeness (QED) is 0.396. The zero-order chi connectivity index (χ0) is 21.9. The van der Waals surface area contributed by atoms with Crippen LogP contribution < -0.4 is 0 Å². The second kappa shape index (κ2) is 8.98. The minimum atomic E-state index is -0.128. The van der Waals surface area contributed by atoms with Crippen molar-refractivity contribution >= 4 is 11.9 Å².